The fraction of sp³-hybridized carbons (Fsp3) is 0.375. The predicted molar refractivity (Wildman–Crippen MR) is 90.9 cm³/mol. The lowest BCUT2D eigenvalue weighted by molar-refractivity contribution is -0.144. The first-order valence-corrected chi connectivity index (χ1v) is 9.23. The zero-order chi connectivity index (χ0) is 16.6. The first kappa shape index (κ1) is 16.3. The van der Waals surface area contributed by atoms with Crippen molar-refractivity contribution >= 4 is 45.1 Å². The number of fused-ring (bicyclic) bond motifs is 1. The highest BCUT2D eigenvalue weighted by atomic mass is 32.2. The topological polar surface area (TPSA) is 66.4 Å². The molecule has 4 nitrogen and oxygen atoms in total. The number of hydrogen-bond donors (Lipinski definition) is 2. The molecular weight excluding hydrogens is 337 g/mol. The first-order chi connectivity index (χ1) is 10.9. The van der Waals surface area contributed by atoms with E-state index in [2.05, 4.69) is 5.32 Å². The number of aryl methyl sites for hydroxylation is 1. The molecule has 1 aromatic heterocycles. The molecule has 0 unspecified atom stereocenters. The summed E-state index contributed by atoms with van der Waals surface area (Å²) in [5, 5.41) is 12.7. The van der Waals surface area contributed by atoms with Crippen LogP contribution >= 0.6 is 23.1 Å². The summed E-state index contributed by atoms with van der Waals surface area (Å²) >= 11 is 2.88. The summed E-state index contributed by atoms with van der Waals surface area (Å²) in [6.45, 7) is 1.70. The van der Waals surface area contributed by atoms with Crippen LogP contribution in [-0.4, -0.2) is 34.0 Å². The average Bonchev–Trinajstić information content (AvgIpc) is 2.86. The fourth-order valence-corrected chi connectivity index (χ4v) is 5.16. The molecular formula is C16H16FNO3S2. The second kappa shape index (κ2) is 6.13. The zero-order valence-electron chi connectivity index (χ0n) is 12.5. The average molecular weight is 353 g/mol. The number of hydrogen-bond acceptors (Lipinski definition) is 4. The van der Waals surface area contributed by atoms with Crippen molar-refractivity contribution in [2.45, 2.75) is 25.3 Å². The van der Waals surface area contributed by atoms with Crippen LogP contribution in [0, 0.1) is 12.7 Å². The molecule has 0 spiro atoms. The second-order valence-corrected chi connectivity index (χ2v) is 7.90. The van der Waals surface area contributed by atoms with Crippen LogP contribution in [0.1, 0.15) is 28.1 Å². The molecule has 0 bridgehead atoms. The first-order valence-electron chi connectivity index (χ1n) is 7.26. The van der Waals surface area contributed by atoms with Crippen molar-refractivity contribution < 1.29 is 19.1 Å². The Hall–Kier alpha value is -1.60. The standard InChI is InChI=1S/C16H16FNO3S2/c1-9-12-10(17)3-2-4-11(12)23-13(9)14(19)18-16(15(20)21)5-7-22-8-6-16/h2-4H,5-8H2,1H3,(H,18,19)(H,20,21). The van der Waals surface area contributed by atoms with Crippen molar-refractivity contribution in [2.75, 3.05) is 11.5 Å². The fourth-order valence-electron chi connectivity index (χ4n) is 2.86. The molecule has 23 heavy (non-hydrogen) atoms. The molecule has 1 amide bonds. The van der Waals surface area contributed by atoms with E-state index in [1.165, 1.54) is 17.4 Å². The second-order valence-electron chi connectivity index (χ2n) is 5.62. The van der Waals surface area contributed by atoms with Crippen molar-refractivity contribution in [3.05, 3.63) is 34.5 Å². The summed E-state index contributed by atoms with van der Waals surface area (Å²) in [6, 6.07) is 4.73. The summed E-state index contributed by atoms with van der Waals surface area (Å²) in [5.41, 5.74) is -0.657. The van der Waals surface area contributed by atoms with E-state index in [0.29, 0.717) is 44.9 Å². The van der Waals surface area contributed by atoms with Gasteiger partial charge in [-0.05, 0) is 49.0 Å². The van der Waals surface area contributed by atoms with Gasteiger partial charge in [-0.1, -0.05) is 6.07 Å². The Morgan fingerprint density at radius 1 is 1.30 bits per heavy atom. The van der Waals surface area contributed by atoms with Gasteiger partial charge >= 0.3 is 5.97 Å². The van der Waals surface area contributed by atoms with Crippen LogP contribution in [0.25, 0.3) is 10.1 Å². The van der Waals surface area contributed by atoms with E-state index in [0.717, 1.165) is 0 Å². The largest absolute Gasteiger partial charge is 0.480 e. The van der Waals surface area contributed by atoms with Gasteiger partial charge in [-0.15, -0.1) is 11.3 Å². The number of aliphatic carboxylic acids is 1. The maximum absolute atomic E-state index is 14.0. The van der Waals surface area contributed by atoms with E-state index in [4.69, 9.17) is 0 Å². The molecule has 1 fully saturated rings. The summed E-state index contributed by atoms with van der Waals surface area (Å²) in [5.74, 6) is -0.398. The number of carbonyl (C=O) groups excluding carboxylic acids is 1. The number of benzene rings is 1. The third-order valence-electron chi connectivity index (χ3n) is 4.22. The van der Waals surface area contributed by atoms with Crippen LogP contribution in [-0.2, 0) is 4.79 Å². The molecule has 122 valence electrons. The Balaban J connectivity index is 1.96. The smallest absolute Gasteiger partial charge is 0.329 e. The van der Waals surface area contributed by atoms with E-state index in [9.17, 15) is 19.1 Å². The number of carboxylic acids is 1. The number of halogens is 1. The van der Waals surface area contributed by atoms with Crippen molar-refractivity contribution in [3.63, 3.8) is 0 Å². The molecule has 3 rings (SSSR count). The molecule has 2 heterocycles. The Bertz CT molecular complexity index is 781. The molecule has 0 radical (unpaired) electrons. The highest BCUT2D eigenvalue weighted by Crippen LogP contribution is 2.34. The Labute approximate surface area is 141 Å². The minimum atomic E-state index is -1.22. The Morgan fingerprint density at radius 3 is 2.61 bits per heavy atom. The van der Waals surface area contributed by atoms with Crippen LogP contribution in [0.2, 0.25) is 0 Å². The minimum absolute atomic E-state index is 0.364. The van der Waals surface area contributed by atoms with Crippen LogP contribution in [0.4, 0.5) is 4.39 Å². The SMILES string of the molecule is Cc1c(C(=O)NC2(C(=O)O)CCSCC2)sc2cccc(F)c12. The van der Waals surface area contributed by atoms with Gasteiger partial charge in [0.05, 0.1) is 4.88 Å². The van der Waals surface area contributed by atoms with Gasteiger partial charge in [0.15, 0.2) is 0 Å². The van der Waals surface area contributed by atoms with Crippen LogP contribution in [0.15, 0.2) is 18.2 Å². The van der Waals surface area contributed by atoms with Gasteiger partial charge in [0.1, 0.15) is 11.4 Å². The highest BCUT2D eigenvalue weighted by Gasteiger charge is 2.41. The molecule has 1 saturated heterocycles. The van der Waals surface area contributed by atoms with Gasteiger partial charge in [-0.3, -0.25) is 4.79 Å². The van der Waals surface area contributed by atoms with Crippen LogP contribution in [0.3, 0.4) is 0 Å². The quantitative estimate of drug-likeness (QED) is 0.887. The normalized spacial score (nSPS) is 17.1. The number of carbonyl (C=O) groups is 2. The molecule has 2 N–H and O–H groups in total. The summed E-state index contributed by atoms with van der Waals surface area (Å²) in [6.07, 6.45) is 0.800. The molecule has 2 aromatic rings. The Kier molecular flexibility index (Phi) is 4.33. The maximum atomic E-state index is 14.0. The van der Waals surface area contributed by atoms with E-state index in [1.54, 1.807) is 30.8 Å². The molecule has 7 heteroatoms. The van der Waals surface area contributed by atoms with E-state index < -0.39 is 17.4 Å². The lowest BCUT2D eigenvalue weighted by atomic mass is 9.92. The number of thiophene rings is 1. The van der Waals surface area contributed by atoms with Crippen molar-refractivity contribution in [2.24, 2.45) is 0 Å². The predicted octanol–water partition coefficient (Wildman–Crippen LogP) is 3.43. The molecule has 0 aliphatic carbocycles. The van der Waals surface area contributed by atoms with Gasteiger partial charge in [-0.25, -0.2) is 9.18 Å². The monoisotopic (exact) mass is 353 g/mol. The molecule has 1 aliphatic heterocycles. The molecule has 0 saturated carbocycles. The van der Waals surface area contributed by atoms with E-state index in [1.807, 2.05) is 0 Å². The number of rotatable bonds is 3. The summed E-state index contributed by atoms with van der Waals surface area (Å²) in [4.78, 5) is 24.7. The maximum Gasteiger partial charge on any atom is 0.329 e. The van der Waals surface area contributed by atoms with Gasteiger partial charge in [0.2, 0.25) is 0 Å². The van der Waals surface area contributed by atoms with Crippen LogP contribution < -0.4 is 5.32 Å². The Morgan fingerprint density at radius 2 is 2.00 bits per heavy atom. The van der Waals surface area contributed by atoms with E-state index >= 15 is 0 Å². The molecule has 1 aromatic carbocycles. The van der Waals surface area contributed by atoms with E-state index in [-0.39, 0.29) is 5.82 Å². The molecule has 0 atom stereocenters. The van der Waals surface area contributed by atoms with Gasteiger partial charge < -0.3 is 10.4 Å². The zero-order valence-corrected chi connectivity index (χ0v) is 14.2. The summed E-state index contributed by atoms with van der Waals surface area (Å²) in [7, 11) is 0. The summed E-state index contributed by atoms with van der Waals surface area (Å²) < 4.78 is 14.7. The van der Waals surface area contributed by atoms with Crippen LogP contribution in [0.5, 0.6) is 0 Å². The van der Waals surface area contributed by atoms with Gasteiger partial charge in [0, 0.05) is 10.1 Å². The van der Waals surface area contributed by atoms with Crippen molar-refractivity contribution in [1.82, 2.24) is 5.32 Å². The van der Waals surface area contributed by atoms with Crippen molar-refractivity contribution in [3.8, 4) is 0 Å². The highest BCUT2D eigenvalue weighted by molar-refractivity contribution is 7.99. The van der Waals surface area contributed by atoms with Gasteiger partial charge in [-0.2, -0.15) is 11.8 Å². The minimum Gasteiger partial charge on any atom is -0.480 e. The number of carboxylic acid groups (broad SMARTS) is 1. The number of amides is 1. The van der Waals surface area contributed by atoms with Crippen molar-refractivity contribution in [1.29, 1.82) is 0 Å². The lowest BCUT2D eigenvalue weighted by Gasteiger charge is -2.33. The third kappa shape index (κ3) is 2.83. The lowest BCUT2D eigenvalue weighted by Crippen LogP contribution is -2.56. The number of nitrogens with one attached hydrogen (secondary N) is 1. The molecule has 1 aliphatic rings. The number of thioether (sulfide) groups is 1. The third-order valence-corrected chi connectivity index (χ3v) is 6.46. The van der Waals surface area contributed by atoms with Gasteiger partial charge in [0.25, 0.3) is 5.91 Å².